The number of hydrogen-bond donors (Lipinski definition) is 1. The van der Waals surface area contributed by atoms with Gasteiger partial charge < -0.3 is 9.88 Å². The molecule has 0 radical (unpaired) electrons. The molecule has 4 nitrogen and oxygen atoms in total. The van der Waals surface area contributed by atoms with Gasteiger partial charge in [0.05, 0.1) is 29.3 Å². The standard InChI is InChI=1S/C10H14N4S/c1-8-13-9(6-15-8)5-14-7-12-4-10(14)3-11-2/h4,6-7,11H,3,5H2,1-2H3. The van der Waals surface area contributed by atoms with Gasteiger partial charge in [-0.05, 0) is 14.0 Å². The maximum Gasteiger partial charge on any atom is 0.0952 e. The van der Waals surface area contributed by atoms with Gasteiger partial charge in [-0.15, -0.1) is 11.3 Å². The summed E-state index contributed by atoms with van der Waals surface area (Å²) in [6.07, 6.45) is 3.73. The van der Waals surface area contributed by atoms with Crippen LogP contribution in [0.4, 0.5) is 0 Å². The summed E-state index contributed by atoms with van der Waals surface area (Å²) in [4.78, 5) is 8.58. The Morgan fingerprint density at radius 2 is 2.40 bits per heavy atom. The Morgan fingerprint density at radius 3 is 3.07 bits per heavy atom. The van der Waals surface area contributed by atoms with Crippen LogP contribution in [0.1, 0.15) is 16.4 Å². The average Bonchev–Trinajstić information content (AvgIpc) is 2.78. The molecule has 5 heteroatoms. The van der Waals surface area contributed by atoms with Crippen LogP contribution < -0.4 is 5.32 Å². The van der Waals surface area contributed by atoms with Gasteiger partial charge in [0.25, 0.3) is 0 Å². The predicted octanol–water partition coefficient (Wildman–Crippen LogP) is 1.42. The Balaban J connectivity index is 2.13. The zero-order chi connectivity index (χ0) is 10.7. The van der Waals surface area contributed by atoms with E-state index < -0.39 is 0 Å². The molecular formula is C10H14N4S. The Hall–Kier alpha value is -1.20. The van der Waals surface area contributed by atoms with E-state index in [2.05, 4.69) is 25.2 Å². The summed E-state index contributed by atoms with van der Waals surface area (Å²) < 4.78 is 2.12. The maximum absolute atomic E-state index is 4.44. The van der Waals surface area contributed by atoms with Crippen molar-refractivity contribution in [2.75, 3.05) is 7.05 Å². The second kappa shape index (κ2) is 4.55. The van der Waals surface area contributed by atoms with E-state index in [4.69, 9.17) is 0 Å². The molecule has 0 aliphatic heterocycles. The smallest absolute Gasteiger partial charge is 0.0952 e. The number of imidazole rings is 1. The van der Waals surface area contributed by atoms with E-state index in [0.29, 0.717) is 0 Å². The first-order valence-corrected chi connectivity index (χ1v) is 5.72. The lowest BCUT2D eigenvalue weighted by atomic mass is 10.4. The fourth-order valence-electron chi connectivity index (χ4n) is 1.47. The number of aromatic nitrogens is 3. The highest BCUT2D eigenvalue weighted by molar-refractivity contribution is 7.09. The van der Waals surface area contributed by atoms with Crippen molar-refractivity contribution in [3.05, 3.63) is 34.3 Å². The minimum atomic E-state index is 0.807. The molecule has 0 amide bonds. The maximum atomic E-state index is 4.44. The molecule has 2 rings (SSSR count). The minimum absolute atomic E-state index is 0.807. The molecule has 1 N–H and O–H groups in total. The van der Waals surface area contributed by atoms with Crippen LogP contribution in [-0.2, 0) is 13.1 Å². The second-order valence-electron chi connectivity index (χ2n) is 3.40. The SMILES string of the molecule is CNCc1cncn1Cc1csc(C)n1. The van der Waals surface area contributed by atoms with Crippen LogP contribution in [0.15, 0.2) is 17.9 Å². The summed E-state index contributed by atoms with van der Waals surface area (Å²) in [5, 5.41) is 6.33. The molecule has 2 aromatic rings. The Labute approximate surface area is 93.0 Å². The zero-order valence-corrected chi connectivity index (χ0v) is 9.71. The Kier molecular flexibility index (Phi) is 3.13. The van der Waals surface area contributed by atoms with Crippen LogP contribution in [0.3, 0.4) is 0 Å². The Morgan fingerprint density at radius 1 is 1.53 bits per heavy atom. The van der Waals surface area contributed by atoms with Gasteiger partial charge in [-0.2, -0.15) is 0 Å². The van der Waals surface area contributed by atoms with E-state index in [1.165, 1.54) is 5.69 Å². The molecule has 0 fully saturated rings. The van der Waals surface area contributed by atoms with Crippen molar-refractivity contribution in [1.82, 2.24) is 19.9 Å². The highest BCUT2D eigenvalue weighted by Gasteiger charge is 2.03. The van der Waals surface area contributed by atoms with Crippen molar-refractivity contribution in [3.63, 3.8) is 0 Å². The number of rotatable bonds is 4. The van der Waals surface area contributed by atoms with Gasteiger partial charge in [-0.3, -0.25) is 0 Å². The summed E-state index contributed by atoms with van der Waals surface area (Å²) in [6.45, 7) is 3.67. The van der Waals surface area contributed by atoms with Gasteiger partial charge in [-0.25, -0.2) is 9.97 Å². The quantitative estimate of drug-likeness (QED) is 0.850. The van der Waals surface area contributed by atoms with Gasteiger partial charge in [0.15, 0.2) is 0 Å². The topological polar surface area (TPSA) is 42.7 Å². The molecule has 0 spiro atoms. The van der Waals surface area contributed by atoms with Crippen molar-refractivity contribution < 1.29 is 0 Å². The molecule has 0 unspecified atom stereocenters. The molecule has 0 aliphatic rings. The van der Waals surface area contributed by atoms with Crippen molar-refractivity contribution in [3.8, 4) is 0 Å². The van der Waals surface area contributed by atoms with Crippen molar-refractivity contribution in [1.29, 1.82) is 0 Å². The van der Waals surface area contributed by atoms with E-state index in [-0.39, 0.29) is 0 Å². The number of nitrogens with one attached hydrogen (secondary N) is 1. The van der Waals surface area contributed by atoms with Crippen molar-refractivity contribution >= 4 is 11.3 Å². The number of nitrogens with zero attached hydrogens (tertiary/aromatic N) is 3. The molecule has 2 heterocycles. The number of hydrogen-bond acceptors (Lipinski definition) is 4. The van der Waals surface area contributed by atoms with Gasteiger partial charge in [0, 0.05) is 18.1 Å². The fourth-order valence-corrected chi connectivity index (χ4v) is 2.08. The summed E-state index contributed by atoms with van der Waals surface area (Å²) in [7, 11) is 1.93. The summed E-state index contributed by atoms with van der Waals surface area (Å²) in [5.41, 5.74) is 2.29. The molecule has 80 valence electrons. The van der Waals surface area contributed by atoms with Crippen LogP contribution in [0.25, 0.3) is 0 Å². The molecule has 0 bridgehead atoms. The lowest BCUT2D eigenvalue weighted by Gasteiger charge is -2.05. The average molecular weight is 222 g/mol. The van der Waals surface area contributed by atoms with E-state index in [9.17, 15) is 0 Å². The zero-order valence-electron chi connectivity index (χ0n) is 8.90. The largest absolute Gasteiger partial charge is 0.327 e. The van der Waals surface area contributed by atoms with E-state index >= 15 is 0 Å². The van der Waals surface area contributed by atoms with E-state index in [1.54, 1.807) is 11.3 Å². The van der Waals surface area contributed by atoms with Crippen LogP contribution in [0.5, 0.6) is 0 Å². The van der Waals surface area contributed by atoms with E-state index in [0.717, 1.165) is 23.8 Å². The third kappa shape index (κ3) is 2.43. The first-order chi connectivity index (χ1) is 7.29. The van der Waals surface area contributed by atoms with Crippen LogP contribution in [0.2, 0.25) is 0 Å². The summed E-state index contributed by atoms with van der Waals surface area (Å²) in [6, 6.07) is 0. The molecule has 0 saturated heterocycles. The lowest BCUT2D eigenvalue weighted by molar-refractivity contribution is 0.684. The number of aryl methyl sites for hydroxylation is 1. The molecule has 0 saturated carbocycles. The highest BCUT2D eigenvalue weighted by Crippen LogP contribution is 2.10. The molecule has 15 heavy (non-hydrogen) atoms. The minimum Gasteiger partial charge on any atom is -0.327 e. The van der Waals surface area contributed by atoms with Crippen LogP contribution in [-0.4, -0.2) is 21.6 Å². The monoisotopic (exact) mass is 222 g/mol. The summed E-state index contributed by atoms with van der Waals surface area (Å²) in [5.74, 6) is 0. The van der Waals surface area contributed by atoms with Gasteiger partial charge in [-0.1, -0.05) is 0 Å². The van der Waals surface area contributed by atoms with Gasteiger partial charge in [0.1, 0.15) is 0 Å². The normalized spacial score (nSPS) is 10.8. The van der Waals surface area contributed by atoms with Crippen LogP contribution >= 0.6 is 11.3 Å². The van der Waals surface area contributed by atoms with Crippen molar-refractivity contribution in [2.24, 2.45) is 0 Å². The van der Waals surface area contributed by atoms with Gasteiger partial charge >= 0.3 is 0 Å². The molecule has 0 aliphatic carbocycles. The fraction of sp³-hybridized carbons (Fsp3) is 0.400. The lowest BCUT2D eigenvalue weighted by Crippen LogP contribution is -2.11. The van der Waals surface area contributed by atoms with Crippen molar-refractivity contribution in [2.45, 2.75) is 20.0 Å². The van der Waals surface area contributed by atoms with Crippen LogP contribution in [0, 0.1) is 6.92 Å². The summed E-state index contributed by atoms with van der Waals surface area (Å²) >= 11 is 1.68. The third-order valence-corrected chi connectivity index (χ3v) is 2.98. The van der Waals surface area contributed by atoms with Gasteiger partial charge in [0.2, 0.25) is 0 Å². The molecule has 0 aromatic carbocycles. The number of thiazole rings is 1. The first kappa shape index (κ1) is 10.3. The molecule has 2 aromatic heterocycles. The third-order valence-electron chi connectivity index (χ3n) is 2.16. The molecule has 0 atom stereocenters. The van der Waals surface area contributed by atoms with E-state index in [1.807, 2.05) is 26.5 Å². The first-order valence-electron chi connectivity index (χ1n) is 4.84. The Bertz CT molecular complexity index is 432. The molecular weight excluding hydrogens is 208 g/mol. The second-order valence-corrected chi connectivity index (χ2v) is 4.46. The predicted molar refractivity (Wildman–Crippen MR) is 60.9 cm³/mol. The highest BCUT2D eigenvalue weighted by atomic mass is 32.1.